The Balaban J connectivity index is 1.58. The lowest BCUT2D eigenvalue weighted by Crippen LogP contribution is -2.52. The van der Waals surface area contributed by atoms with Gasteiger partial charge in [0.25, 0.3) is 5.91 Å². The number of amides is 1. The number of nitrogens with zero attached hydrogens (tertiary/aromatic N) is 4. The van der Waals surface area contributed by atoms with Gasteiger partial charge in [-0.15, -0.1) is 0 Å². The molecular weight excluding hydrogens is 457 g/mol. The molecule has 0 aliphatic heterocycles. The maximum absolute atomic E-state index is 13.5. The van der Waals surface area contributed by atoms with E-state index >= 15 is 0 Å². The van der Waals surface area contributed by atoms with Gasteiger partial charge in [0.05, 0.1) is 5.52 Å². The minimum atomic E-state index is -4.48. The summed E-state index contributed by atoms with van der Waals surface area (Å²) in [5, 5.41) is 4.73. The SMILES string of the molecule is C=C/C=C\c1occ(-c2nn(CC(F)(F)F)c3cc(C(=O)N(C4CCC4)C4CCC4)ncc23)c1C. The van der Waals surface area contributed by atoms with Crippen molar-refractivity contribution in [2.45, 2.75) is 70.3 Å². The predicted molar refractivity (Wildman–Crippen MR) is 127 cm³/mol. The Morgan fingerprint density at radius 1 is 1.26 bits per heavy atom. The van der Waals surface area contributed by atoms with E-state index < -0.39 is 12.7 Å². The molecule has 0 saturated heterocycles. The Hall–Kier alpha value is -3.36. The molecule has 0 unspecified atom stereocenters. The number of aromatic nitrogens is 3. The van der Waals surface area contributed by atoms with Gasteiger partial charge in [-0.2, -0.15) is 18.3 Å². The van der Waals surface area contributed by atoms with Crippen LogP contribution in [0.3, 0.4) is 0 Å². The van der Waals surface area contributed by atoms with Crippen LogP contribution >= 0.6 is 0 Å². The van der Waals surface area contributed by atoms with E-state index in [0.717, 1.165) is 48.8 Å². The molecule has 3 aromatic rings. The minimum absolute atomic E-state index is 0.157. The van der Waals surface area contributed by atoms with Crippen LogP contribution in [0.15, 0.2) is 41.7 Å². The summed E-state index contributed by atoms with van der Waals surface area (Å²) in [6.45, 7) is 4.18. The molecule has 2 saturated carbocycles. The predicted octanol–water partition coefficient (Wildman–Crippen LogP) is 6.31. The van der Waals surface area contributed by atoms with Crippen molar-refractivity contribution in [1.82, 2.24) is 19.7 Å². The first-order valence-corrected chi connectivity index (χ1v) is 11.9. The zero-order chi connectivity index (χ0) is 24.7. The van der Waals surface area contributed by atoms with E-state index in [0.29, 0.717) is 22.4 Å². The van der Waals surface area contributed by atoms with Crippen LogP contribution in [0.4, 0.5) is 13.2 Å². The first-order chi connectivity index (χ1) is 16.8. The van der Waals surface area contributed by atoms with E-state index in [-0.39, 0.29) is 29.2 Å². The van der Waals surface area contributed by atoms with Gasteiger partial charge in [0.2, 0.25) is 0 Å². The van der Waals surface area contributed by atoms with Gasteiger partial charge in [0.15, 0.2) is 0 Å². The summed E-state index contributed by atoms with van der Waals surface area (Å²) in [6, 6.07) is 1.84. The Kier molecular flexibility index (Phi) is 6.02. The van der Waals surface area contributed by atoms with Crippen molar-refractivity contribution in [3.05, 3.63) is 54.3 Å². The lowest BCUT2D eigenvalue weighted by atomic mass is 9.84. The normalized spacial score (nSPS) is 17.0. The van der Waals surface area contributed by atoms with E-state index in [1.54, 1.807) is 18.2 Å². The summed E-state index contributed by atoms with van der Waals surface area (Å²) in [5.74, 6) is 0.355. The summed E-state index contributed by atoms with van der Waals surface area (Å²) < 4.78 is 46.8. The van der Waals surface area contributed by atoms with Gasteiger partial charge in [-0.1, -0.05) is 18.7 Å². The van der Waals surface area contributed by atoms with Gasteiger partial charge >= 0.3 is 6.18 Å². The van der Waals surface area contributed by atoms with Crippen LogP contribution in [0.2, 0.25) is 0 Å². The number of carbonyl (C=O) groups is 1. The lowest BCUT2D eigenvalue weighted by molar-refractivity contribution is -0.141. The number of furan rings is 1. The molecule has 5 rings (SSSR count). The summed E-state index contributed by atoms with van der Waals surface area (Å²) in [4.78, 5) is 19.8. The average molecular weight is 485 g/mol. The number of fused-ring (bicyclic) bond motifs is 1. The highest BCUT2D eigenvalue weighted by Crippen LogP contribution is 2.37. The number of carbonyl (C=O) groups excluding carboxylic acids is 1. The third-order valence-electron chi connectivity index (χ3n) is 7.07. The number of hydrogen-bond donors (Lipinski definition) is 0. The Bertz CT molecular complexity index is 1280. The second-order valence-electron chi connectivity index (χ2n) is 9.32. The molecule has 0 aromatic carbocycles. The molecule has 0 bridgehead atoms. The zero-order valence-electron chi connectivity index (χ0n) is 19.5. The fraction of sp³-hybridized carbons (Fsp3) is 0.423. The molecule has 184 valence electrons. The third-order valence-corrected chi connectivity index (χ3v) is 7.07. The molecule has 1 amide bonds. The molecule has 6 nitrogen and oxygen atoms in total. The van der Waals surface area contributed by atoms with Crippen LogP contribution in [-0.2, 0) is 6.54 Å². The standard InChI is InChI=1S/C26H27F3N4O2/c1-3-4-11-23-16(2)20(14-35-23)24-19-13-30-21(12-22(19)32(31-24)15-26(27,28)29)25(34)33(17-7-5-8-17)18-9-6-10-18/h3-4,11-14,17-18H,1,5-10,15H2,2H3/b11-4-. The van der Waals surface area contributed by atoms with Crippen LogP contribution in [0.1, 0.15) is 60.3 Å². The topological polar surface area (TPSA) is 64.2 Å². The Morgan fingerprint density at radius 2 is 1.94 bits per heavy atom. The van der Waals surface area contributed by atoms with Gasteiger partial charge in [0.1, 0.15) is 30.0 Å². The van der Waals surface area contributed by atoms with E-state index in [4.69, 9.17) is 4.42 Å². The third kappa shape index (κ3) is 4.39. The molecule has 2 aliphatic carbocycles. The second-order valence-corrected chi connectivity index (χ2v) is 9.32. The molecule has 0 atom stereocenters. The molecule has 0 spiro atoms. The highest BCUT2D eigenvalue weighted by molar-refractivity contribution is 5.99. The second kappa shape index (κ2) is 9.02. The van der Waals surface area contributed by atoms with Crippen molar-refractivity contribution < 1.29 is 22.4 Å². The zero-order valence-corrected chi connectivity index (χ0v) is 19.5. The van der Waals surface area contributed by atoms with E-state index in [9.17, 15) is 18.0 Å². The van der Waals surface area contributed by atoms with Crippen LogP contribution < -0.4 is 0 Å². The van der Waals surface area contributed by atoms with E-state index in [1.165, 1.54) is 18.5 Å². The number of allylic oxidation sites excluding steroid dienone is 2. The minimum Gasteiger partial charge on any atom is -0.464 e. The maximum Gasteiger partial charge on any atom is 0.408 e. The molecule has 35 heavy (non-hydrogen) atoms. The summed E-state index contributed by atoms with van der Waals surface area (Å²) in [6.07, 6.45) is 9.53. The highest BCUT2D eigenvalue weighted by atomic mass is 19.4. The van der Waals surface area contributed by atoms with Crippen LogP contribution in [0.25, 0.3) is 28.2 Å². The number of rotatable bonds is 7. The molecule has 0 radical (unpaired) electrons. The summed E-state index contributed by atoms with van der Waals surface area (Å²) >= 11 is 0. The molecular formula is C26H27F3N4O2. The van der Waals surface area contributed by atoms with Gasteiger partial charge in [-0.05, 0) is 57.6 Å². The first-order valence-electron chi connectivity index (χ1n) is 11.9. The summed E-state index contributed by atoms with van der Waals surface area (Å²) in [7, 11) is 0. The highest BCUT2D eigenvalue weighted by Gasteiger charge is 2.38. The Morgan fingerprint density at radius 3 is 2.51 bits per heavy atom. The lowest BCUT2D eigenvalue weighted by Gasteiger charge is -2.46. The molecule has 3 aromatic heterocycles. The summed E-state index contributed by atoms with van der Waals surface area (Å²) in [5.41, 5.74) is 2.03. The number of hydrogen-bond acceptors (Lipinski definition) is 4. The largest absolute Gasteiger partial charge is 0.464 e. The van der Waals surface area contributed by atoms with Crippen molar-refractivity contribution in [2.75, 3.05) is 0 Å². The Labute approximate surface area is 201 Å². The molecule has 0 N–H and O–H groups in total. The molecule has 3 heterocycles. The van der Waals surface area contributed by atoms with Gasteiger partial charge in [0, 0.05) is 34.8 Å². The van der Waals surface area contributed by atoms with Crippen molar-refractivity contribution in [1.29, 1.82) is 0 Å². The van der Waals surface area contributed by atoms with Crippen molar-refractivity contribution >= 4 is 22.9 Å². The fourth-order valence-electron chi connectivity index (χ4n) is 4.75. The van der Waals surface area contributed by atoms with Crippen molar-refractivity contribution in [2.24, 2.45) is 0 Å². The number of alkyl halides is 3. The number of pyridine rings is 1. The van der Waals surface area contributed by atoms with Crippen LogP contribution in [0, 0.1) is 6.92 Å². The first kappa shape index (κ1) is 23.4. The fourth-order valence-corrected chi connectivity index (χ4v) is 4.75. The van der Waals surface area contributed by atoms with Crippen molar-refractivity contribution in [3.63, 3.8) is 0 Å². The monoisotopic (exact) mass is 484 g/mol. The molecule has 9 heteroatoms. The smallest absolute Gasteiger partial charge is 0.408 e. The van der Waals surface area contributed by atoms with Gasteiger partial charge in [-0.3, -0.25) is 14.5 Å². The molecule has 2 aliphatic rings. The average Bonchev–Trinajstić information content (AvgIpc) is 3.27. The quantitative estimate of drug-likeness (QED) is 0.369. The molecule has 2 fully saturated rings. The van der Waals surface area contributed by atoms with E-state index in [2.05, 4.69) is 16.7 Å². The number of halogens is 3. The van der Waals surface area contributed by atoms with Gasteiger partial charge in [-0.25, -0.2) is 0 Å². The van der Waals surface area contributed by atoms with Gasteiger partial charge < -0.3 is 9.32 Å². The van der Waals surface area contributed by atoms with Crippen LogP contribution in [-0.4, -0.2) is 43.8 Å². The maximum atomic E-state index is 13.5. The van der Waals surface area contributed by atoms with E-state index in [1.807, 2.05) is 11.8 Å². The van der Waals surface area contributed by atoms with Crippen molar-refractivity contribution in [3.8, 4) is 11.3 Å². The van der Waals surface area contributed by atoms with Crippen LogP contribution in [0.5, 0.6) is 0 Å².